The average molecular weight is 311 g/mol. The van der Waals surface area contributed by atoms with E-state index < -0.39 is 15.9 Å². The number of carbonyl (C=O) groups is 1. The first kappa shape index (κ1) is 15.3. The lowest BCUT2D eigenvalue weighted by Crippen LogP contribution is -2.37. The predicted octanol–water partition coefficient (Wildman–Crippen LogP) is -0.279. The van der Waals surface area contributed by atoms with Crippen molar-refractivity contribution >= 4 is 27.4 Å². The number of nitrogens with zero attached hydrogens (tertiary/aromatic N) is 2. The van der Waals surface area contributed by atoms with Crippen LogP contribution in [0.2, 0.25) is 0 Å². The number of nitrogens with two attached hydrogens (primary N) is 1. The Hall–Kier alpha value is -2.13. The second-order valence-electron chi connectivity index (χ2n) is 4.41. The number of hydrogen-bond acceptors (Lipinski definition) is 5. The number of hydrogen-bond donors (Lipinski definition) is 3. The zero-order valence-corrected chi connectivity index (χ0v) is 12.4. The van der Waals surface area contributed by atoms with Crippen LogP contribution in [-0.2, 0) is 14.8 Å². The Bertz CT molecular complexity index is 753. The fourth-order valence-electron chi connectivity index (χ4n) is 1.81. The van der Waals surface area contributed by atoms with E-state index in [1.807, 2.05) is 6.92 Å². The van der Waals surface area contributed by atoms with Gasteiger partial charge in [0, 0.05) is 12.7 Å². The summed E-state index contributed by atoms with van der Waals surface area (Å²) in [5, 5.41) is 2.42. The van der Waals surface area contributed by atoms with Crippen LogP contribution in [0.15, 0.2) is 29.4 Å². The number of nitrogen functional groups attached to an aromatic ring is 1. The molecule has 0 aliphatic heterocycles. The first-order valence-corrected chi connectivity index (χ1v) is 7.93. The van der Waals surface area contributed by atoms with Gasteiger partial charge in [-0.15, -0.1) is 0 Å². The Balaban J connectivity index is 2.22. The molecule has 0 spiro atoms. The third kappa shape index (κ3) is 3.31. The maximum Gasteiger partial charge on any atom is 0.260 e. The van der Waals surface area contributed by atoms with Crippen molar-refractivity contribution in [3.05, 3.63) is 24.4 Å². The number of imidazole rings is 1. The Labute approximate surface area is 122 Å². The SMILES string of the molecule is CCCNC(=O)CNS(=O)(=O)c1c(N)nc2ccccn12. The summed E-state index contributed by atoms with van der Waals surface area (Å²) in [6, 6.07) is 5.04. The highest BCUT2D eigenvalue weighted by molar-refractivity contribution is 7.89. The van der Waals surface area contributed by atoms with Gasteiger partial charge in [0.15, 0.2) is 10.8 Å². The molecule has 114 valence electrons. The highest BCUT2D eigenvalue weighted by Crippen LogP contribution is 2.19. The minimum absolute atomic E-state index is 0.109. The molecule has 0 saturated heterocycles. The molecule has 21 heavy (non-hydrogen) atoms. The Morgan fingerprint density at radius 2 is 2.19 bits per heavy atom. The van der Waals surface area contributed by atoms with E-state index in [2.05, 4.69) is 15.0 Å². The molecule has 2 aromatic rings. The number of carbonyl (C=O) groups excluding carboxylic acids is 1. The zero-order valence-electron chi connectivity index (χ0n) is 11.5. The molecule has 0 aliphatic carbocycles. The molecule has 0 fully saturated rings. The summed E-state index contributed by atoms with van der Waals surface area (Å²) in [5.41, 5.74) is 6.10. The van der Waals surface area contributed by atoms with Gasteiger partial charge in [0.1, 0.15) is 5.65 Å². The van der Waals surface area contributed by atoms with Gasteiger partial charge in [-0.3, -0.25) is 9.20 Å². The van der Waals surface area contributed by atoms with Gasteiger partial charge in [0.05, 0.1) is 6.54 Å². The molecule has 0 radical (unpaired) electrons. The number of fused-ring (bicyclic) bond motifs is 1. The molecule has 0 bridgehead atoms. The van der Waals surface area contributed by atoms with Crippen LogP contribution >= 0.6 is 0 Å². The van der Waals surface area contributed by atoms with Crippen LogP contribution in [0, 0.1) is 0 Å². The van der Waals surface area contributed by atoms with Crippen LogP contribution < -0.4 is 15.8 Å². The van der Waals surface area contributed by atoms with E-state index in [-0.39, 0.29) is 17.4 Å². The summed E-state index contributed by atoms with van der Waals surface area (Å²) in [5.74, 6) is -0.504. The van der Waals surface area contributed by atoms with Crippen LogP contribution in [-0.4, -0.2) is 36.8 Å². The van der Waals surface area contributed by atoms with E-state index in [1.54, 1.807) is 24.4 Å². The molecule has 2 aromatic heterocycles. The second kappa shape index (κ2) is 6.10. The van der Waals surface area contributed by atoms with Crippen molar-refractivity contribution in [2.75, 3.05) is 18.8 Å². The van der Waals surface area contributed by atoms with Gasteiger partial charge in [0.25, 0.3) is 10.0 Å². The number of pyridine rings is 1. The Morgan fingerprint density at radius 1 is 1.43 bits per heavy atom. The molecule has 0 aliphatic rings. The third-order valence-corrected chi connectivity index (χ3v) is 4.20. The molecule has 0 aromatic carbocycles. The zero-order chi connectivity index (χ0) is 15.5. The highest BCUT2D eigenvalue weighted by atomic mass is 32.2. The average Bonchev–Trinajstić information content (AvgIpc) is 2.79. The van der Waals surface area contributed by atoms with E-state index in [4.69, 9.17) is 5.73 Å². The molecular weight excluding hydrogens is 294 g/mol. The number of nitrogens with one attached hydrogen (secondary N) is 2. The molecule has 0 saturated carbocycles. The van der Waals surface area contributed by atoms with Crippen molar-refractivity contribution < 1.29 is 13.2 Å². The quantitative estimate of drug-likeness (QED) is 0.678. The van der Waals surface area contributed by atoms with Crippen LogP contribution in [0.4, 0.5) is 5.82 Å². The number of aromatic nitrogens is 2. The maximum atomic E-state index is 12.3. The molecule has 1 amide bonds. The molecule has 8 nitrogen and oxygen atoms in total. The first-order valence-electron chi connectivity index (χ1n) is 6.44. The lowest BCUT2D eigenvalue weighted by Gasteiger charge is -2.07. The van der Waals surface area contributed by atoms with Gasteiger partial charge in [-0.25, -0.2) is 18.1 Å². The second-order valence-corrected chi connectivity index (χ2v) is 6.09. The predicted molar refractivity (Wildman–Crippen MR) is 78.1 cm³/mol. The monoisotopic (exact) mass is 311 g/mol. The van der Waals surface area contributed by atoms with Gasteiger partial charge in [-0.05, 0) is 18.6 Å². The summed E-state index contributed by atoms with van der Waals surface area (Å²) in [6.45, 7) is 2.06. The summed E-state index contributed by atoms with van der Waals surface area (Å²) in [7, 11) is -3.93. The topological polar surface area (TPSA) is 119 Å². The molecule has 0 atom stereocenters. The number of amides is 1. The fraction of sp³-hybridized carbons (Fsp3) is 0.333. The minimum atomic E-state index is -3.93. The summed E-state index contributed by atoms with van der Waals surface area (Å²) in [6.07, 6.45) is 2.32. The van der Waals surface area contributed by atoms with Crippen LogP contribution in [0.25, 0.3) is 5.65 Å². The molecule has 9 heteroatoms. The minimum Gasteiger partial charge on any atom is -0.381 e. The fourth-order valence-corrected chi connectivity index (χ4v) is 3.01. The van der Waals surface area contributed by atoms with Gasteiger partial charge in [-0.2, -0.15) is 0 Å². The van der Waals surface area contributed by atoms with Gasteiger partial charge < -0.3 is 11.1 Å². The van der Waals surface area contributed by atoms with Crippen LogP contribution in [0.5, 0.6) is 0 Å². The smallest absolute Gasteiger partial charge is 0.260 e. The van der Waals surface area contributed by atoms with Gasteiger partial charge in [-0.1, -0.05) is 13.0 Å². The van der Waals surface area contributed by atoms with E-state index in [1.165, 1.54) is 4.40 Å². The van der Waals surface area contributed by atoms with Crippen LogP contribution in [0.3, 0.4) is 0 Å². The van der Waals surface area contributed by atoms with Crippen molar-refractivity contribution in [2.24, 2.45) is 0 Å². The van der Waals surface area contributed by atoms with Gasteiger partial charge >= 0.3 is 0 Å². The lowest BCUT2D eigenvalue weighted by atomic mass is 10.5. The number of rotatable bonds is 6. The van der Waals surface area contributed by atoms with Crippen molar-refractivity contribution in [3.63, 3.8) is 0 Å². The normalized spacial score (nSPS) is 11.7. The number of anilines is 1. The van der Waals surface area contributed by atoms with Gasteiger partial charge in [0.2, 0.25) is 5.91 Å². The van der Waals surface area contributed by atoms with Crippen molar-refractivity contribution in [1.29, 1.82) is 0 Å². The Kier molecular flexibility index (Phi) is 4.43. The van der Waals surface area contributed by atoms with E-state index >= 15 is 0 Å². The highest BCUT2D eigenvalue weighted by Gasteiger charge is 2.24. The standard InChI is InChI=1S/C12H17N5O3S/c1-2-6-14-10(18)8-15-21(19,20)12-11(13)16-9-5-3-4-7-17(9)12/h3-5,7,15H,2,6,8,13H2,1H3,(H,14,18). The summed E-state index contributed by atoms with van der Waals surface area (Å²) >= 11 is 0. The Morgan fingerprint density at radius 3 is 2.90 bits per heavy atom. The van der Waals surface area contributed by atoms with E-state index in [0.29, 0.717) is 12.2 Å². The van der Waals surface area contributed by atoms with E-state index in [9.17, 15) is 13.2 Å². The third-order valence-electron chi connectivity index (χ3n) is 2.76. The first-order chi connectivity index (χ1) is 9.95. The molecule has 2 heterocycles. The van der Waals surface area contributed by atoms with Crippen molar-refractivity contribution in [2.45, 2.75) is 18.4 Å². The molecule has 4 N–H and O–H groups in total. The van der Waals surface area contributed by atoms with Crippen LogP contribution in [0.1, 0.15) is 13.3 Å². The summed E-state index contributed by atoms with van der Waals surface area (Å²) < 4.78 is 28.1. The van der Waals surface area contributed by atoms with Crippen molar-refractivity contribution in [3.8, 4) is 0 Å². The lowest BCUT2D eigenvalue weighted by molar-refractivity contribution is -0.119. The largest absolute Gasteiger partial charge is 0.381 e. The summed E-state index contributed by atoms with van der Waals surface area (Å²) in [4.78, 5) is 15.5. The molecule has 0 unspecified atom stereocenters. The maximum absolute atomic E-state index is 12.3. The molecule has 2 rings (SSSR count). The number of sulfonamides is 1. The molecular formula is C12H17N5O3S. The van der Waals surface area contributed by atoms with E-state index in [0.717, 1.165) is 6.42 Å². The van der Waals surface area contributed by atoms with Crippen molar-refractivity contribution in [1.82, 2.24) is 19.4 Å².